The van der Waals surface area contributed by atoms with Gasteiger partial charge in [-0.2, -0.15) is 9.78 Å². The van der Waals surface area contributed by atoms with Gasteiger partial charge in [0.15, 0.2) is 0 Å². The minimum atomic E-state index is -0.535. The highest BCUT2D eigenvalue weighted by atomic mass is 35.5. The van der Waals surface area contributed by atoms with Crippen molar-refractivity contribution in [2.75, 3.05) is 17.7 Å². The van der Waals surface area contributed by atoms with E-state index in [-0.39, 0.29) is 11.5 Å². The SMILES string of the molecule is COc1ccc(Cl)cc1NC(=O)Nc1cc(C)nn1-c1nc(C)cc(=O)[nH]1. The lowest BCUT2D eigenvalue weighted by molar-refractivity contribution is 0.262. The summed E-state index contributed by atoms with van der Waals surface area (Å²) in [5, 5.41) is 10.1. The molecule has 0 unspecified atom stereocenters. The van der Waals surface area contributed by atoms with Crippen LogP contribution in [0.4, 0.5) is 16.3 Å². The Balaban J connectivity index is 1.87. The monoisotopic (exact) mass is 388 g/mol. The van der Waals surface area contributed by atoms with E-state index in [0.717, 1.165) is 0 Å². The Morgan fingerprint density at radius 1 is 1.19 bits per heavy atom. The molecule has 0 bridgehead atoms. The van der Waals surface area contributed by atoms with Crippen LogP contribution in [-0.2, 0) is 0 Å². The van der Waals surface area contributed by atoms with Gasteiger partial charge in [-0.15, -0.1) is 0 Å². The molecule has 2 heterocycles. The number of benzene rings is 1. The Bertz CT molecular complexity index is 1060. The molecule has 1 aromatic carbocycles. The average Bonchev–Trinajstić information content (AvgIpc) is 2.94. The smallest absolute Gasteiger partial charge is 0.324 e. The molecule has 0 radical (unpaired) electrons. The maximum absolute atomic E-state index is 12.4. The van der Waals surface area contributed by atoms with Crippen LogP contribution in [-0.4, -0.2) is 32.9 Å². The number of carbonyl (C=O) groups is 1. The zero-order valence-electron chi connectivity index (χ0n) is 14.8. The summed E-state index contributed by atoms with van der Waals surface area (Å²) in [5.74, 6) is 0.993. The molecule has 2 aromatic heterocycles. The summed E-state index contributed by atoms with van der Waals surface area (Å²) in [6.45, 7) is 3.45. The molecule has 3 N–H and O–H groups in total. The highest BCUT2D eigenvalue weighted by Gasteiger charge is 2.14. The molecule has 2 amide bonds. The molecule has 27 heavy (non-hydrogen) atoms. The van der Waals surface area contributed by atoms with Crippen molar-refractivity contribution in [3.8, 4) is 11.7 Å². The molecule has 10 heteroatoms. The van der Waals surface area contributed by atoms with E-state index in [9.17, 15) is 9.59 Å². The van der Waals surface area contributed by atoms with Crippen LogP contribution >= 0.6 is 11.6 Å². The Labute approximate surface area is 159 Å². The topological polar surface area (TPSA) is 114 Å². The van der Waals surface area contributed by atoms with E-state index in [1.807, 2.05) is 0 Å². The molecule has 0 atom stereocenters. The first kappa shape index (κ1) is 18.5. The number of halogens is 1. The highest BCUT2D eigenvalue weighted by Crippen LogP contribution is 2.27. The van der Waals surface area contributed by atoms with Crippen LogP contribution in [0.5, 0.6) is 5.75 Å². The third kappa shape index (κ3) is 4.26. The van der Waals surface area contributed by atoms with Crippen LogP contribution in [0.2, 0.25) is 5.02 Å². The Hall–Kier alpha value is -3.33. The van der Waals surface area contributed by atoms with Gasteiger partial charge in [0.05, 0.1) is 18.5 Å². The molecule has 0 aliphatic heterocycles. The molecule has 9 nitrogen and oxygen atoms in total. The van der Waals surface area contributed by atoms with Crippen molar-refractivity contribution in [3.63, 3.8) is 0 Å². The Morgan fingerprint density at radius 2 is 1.96 bits per heavy atom. The van der Waals surface area contributed by atoms with Crippen molar-refractivity contribution >= 4 is 29.1 Å². The molecule has 3 rings (SSSR count). The molecule has 0 spiro atoms. The number of nitrogens with zero attached hydrogens (tertiary/aromatic N) is 3. The van der Waals surface area contributed by atoms with Gasteiger partial charge < -0.3 is 10.1 Å². The minimum Gasteiger partial charge on any atom is -0.495 e. The number of nitrogens with one attached hydrogen (secondary N) is 3. The molecule has 0 aliphatic carbocycles. The number of aryl methyl sites for hydroxylation is 2. The standard InChI is InChI=1S/C17H17ClN6O3/c1-9-7-15(25)22-16(19-9)24-14(6-10(2)23-24)21-17(26)20-12-8-11(18)4-5-13(12)27-3/h4-8H,1-3H3,(H,19,22,25)(H2,20,21,26). The number of aromatic nitrogens is 4. The van der Waals surface area contributed by atoms with Crippen LogP contribution in [0.3, 0.4) is 0 Å². The minimum absolute atomic E-state index is 0.198. The van der Waals surface area contributed by atoms with Crippen molar-refractivity contribution in [3.05, 3.63) is 57.1 Å². The maximum Gasteiger partial charge on any atom is 0.324 e. The molecule has 0 fully saturated rings. The molecular weight excluding hydrogens is 372 g/mol. The van der Waals surface area contributed by atoms with Crippen molar-refractivity contribution in [2.45, 2.75) is 13.8 Å². The fourth-order valence-electron chi connectivity index (χ4n) is 2.46. The normalized spacial score (nSPS) is 10.5. The second-order valence-electron chi connectivity index (χ2n) is 5.72. The van der Waals surface area contributed by atoms with Crippen molar-refractivity contribution < 1.29 is 9.53 Å². The van der Waals surface area contributed by atoms with Gasteiger partial charge in [-0.25, -0.2) is 9.78 Å². The third-order valence-corrected chi connectivity index (χ3v) is 3.78. The van der Waals surface area contributed by atoms with E-state index in [1.54, 1.807) is 38.1 Å². The summed E-state index contributed by atoms with van der Waals surface area (Å²) in [4.78, 5) is 31.0. The number of aromatic amines is 1. The molecule has 0 aliphatic rings. The van der Waals surface area contributed by atoms with Crippen LogP contribution in [0.25, 0.3) is 5.95 Å². The Morgan fingerprint density at radius 3 is 2.67 bits per heavy atom. The van der Waals surface area contributed by atoms with E-state index in [0.29, 0.717) is 33.7 Å². The van der Waals surface area contributed by atoms with Gasteiger partial charge in [0.2, 0.25) is 5.95 Å². The molecule has 0 saturated heterocycles. The lowest BCUT2D eigenvalue weighted by atomic mass is 10.3. The number of amides is 2. The number of H-pyrrole nitrogens is 1. The number of hydrogen-bond acceptors (Lipinski definition) is 5. The van der Waals surface area contributed by atoms with Crippen molar-refractivity contribution in [1.29, 1.82) is 0 Å². The first-order valence-corrected chi connectivity index (χ1v) is 8.30. The molecular formula is C17H17ClN6O3. The summed E-state index contributed by atoms with van der Waals surface area (Å²) < 4.78 is 6.55. The van der Waals surface area contributed by atoms with E-state index in [4.69, 9.17) is 16.3 Å². The summed E-state index contributed by atoms with van der Waals surface area (Å²) in [6.07, 6.45) is 0. The van der Waals surface area contributed by atoms with Gasteiger partial charge in [-0.05, 0) is 32.0 Å². The van der Waals surface area contributed by atoms with Gasteiger partial charge in [0.25, 0.3) is 5.56 Å². The lowest BCUT2D eigenvalue weighted by Gasteiger charge is -2.12. The zero-order chi connectivity index (χ0) is 19.6. The van der Waals surface area contributed by atoms with Gasteiger partial charge >= 0.3 is 6.03 Å². The number of carbonyl (C=O) groups excluding carboxylic acids is 1. The largest absolute Gasteiger partial charge is 0.495 e. The predicted octanol–water partition coefficient (Wildman–Crippen LogP) is 2.88. The first-order valence-electron chi connectivity index (χ1n) is 7.92. The van der Waals surface area contributed by atoms with Crippen molar-refractivity contribution in [1.82, 2.24) is 19.7 Å². The number of methoxy groups -OCH3 is 1. The maximum atomic E-state index is 12.4. The molecule has 140 valence electrons. The quantitative estimate of drug-likeness (QED) is 0.635. The zero-order valence-corrected chi connectivity index (χ0v) is 15.6. The van der Waals surface area contributed by atoms with Crippen LogP contribution in [0.15, 0.2) is 35.1 Å². The van der Waals surface area contributed by atoms with Gasteiger partial charge in [-0.1, -0.05) is 11.6 Å². The fraction of sp³-hybridized carbons (Fsp3) is 0.176. The van der Waals surface area contributed by atoms with Gasteiger partial charge in [-0.3, -0.25) is 15.1 Å². The van der Waals surface area contributed by atoms with Crippen LogP contribution in [0, 0.1) is 13.8 Å². The lowest BCUT2D eigenvalue weighted by Crippen LogP contribution is -2.23. The van der Waals surface area contributed by atoms with Gasteiger partial charge in [0.1, 0.15) is 11.6 Å². The van der Waals surface area contributed by atoms with Crippen molar-refractivity contribution in [2.24, 2.45) is 0 Å². The number of anilines is 2. The summed E-state index contributed by atoms with van der Waals surface area (Å²) in [6, 6.07) is 7.35. The van der Waals surface area contributed by atoms with Crippen LogP contribution < -0.4 is 20.9 Å². The second-order valence-corrected chi connectivity index (χ2v) is 6.15. The number of rotatable bonds is 4. The number of urea groups is 1. The summed E-state index contributed by atoms with van der Waals surface area (Å²) >= 11 is 5.97. The predicted molar refractivity (Wildman–Crippen MR) is 102 cm³/mol. The fourth-order valence-corrected chi connectivity index (χ4v) is 2.63. The molecule has 0 saturated carbocycles. The first-order chi connectivity index (χ1) is 12.9. The second kappa shape index (κ2) is 7.50. The number of hydrogen-bond donors (Lipinski definition) is 3. The highest BCUT2D eigenvalue weighted by molar-refractivity contribution is 6.31. The van der Waals surface area contributed by atoms with E-state index >= 15 is 0 Å². The number of ether oxygens (including phenoxy) is 1. The van der Waals surface area contributed by atoms with E-state index < -0.39 is 6.03 Å². The summed E-state index contributed by atoms with van der Waals surface area (Å²) in [7, 11) is 1.49. The Kier molecular flexibility index (Phi) is 5.13. The van der Waals surface area contributed by atoms with Crippen LogP contribution in [0.1, 0.15) is 11.4 Å². The van der Waals surface area contributed by atoms with Gasteiger partial charge in [0, 0.05) is 22.8 Å². The summed E-state index contributed by atoms with van der Waals surface area (Å²) in [5.41, 5.74) is 1.26. The molecule has 3 aromatic rings. The van der Waals surface area contributed by atoms with E-state index in [2.05, 4.69) is 25.7 Å². The average molecular weight is 389 g/mol. The van der Waals surface area contributed by atoms with E-state index in [1.165, 1.54) is 17.9 Å². The third-order valence-electron chi connectivity index (χ3n) is 3.54.